The maximum Gasteiger partial charge on any atom is 0.0335 e. The molecule has 2 aliphatic rings. The molecule has 3 heteroatoms. The predicted molar refractivity (Wildman–Crippen MR) is 82.1 cm³/mol. The van der Waals surface area contributed by atoms with Crippen LogP contribution < -0.4 is 5.73 Å². The molecule has 0 amide bonds. The van der Waals surface area contributed by atoms with Crippen molar-refractivity contribution in [1.29, 1.82) is 0 Å². The second kappa shape index (κ2) is 6.62. The summed E-state index contributed by atoms with van der Waals surface area (Å²) in [6, 6.07) is 0.718. The average molecular weight is 270 g/mol. The van der Waals surface area contributed by atoms with Crippen molar-refractivity contribution in [2.75, 3.05) is 24.6 Å². The van der Waals surface area contributed by atoms with Gasteiger partial charge in [-0.25, -0.2) is 0 Å². The first kappa shape index (κ1) is 14.7. The normalized spacial score (nSPS) is 38.8. The minimum absolute atomic E-state index is 0.338. The summed E-state index contributed by atoms with van der Waals surface area (Å²) in [5.41, 5.74) is 6.54. The molecule has 1 atom stereocenters. The zero-order chi connectivity index (χ0) is 13.0. The SMILES string of the molecule is CCCC1CCC(CN)(N2CCSCC2C)CC1. The number of hydrogen-bond acceptors (Lipinski definition) is 3. The molecule has 2 nitrogen and oxygen atoms in total. The van der Waals surface area contributed by atoms with Crippen molar-refractivity contribution in [2.24, 2.45) is 11.7 Å². The van der Waals surface area contributed by atoms with Crippen LogP contribution in [-0.4, -0.2) is 41.1 Å². The molecule has 0 aromatic heterocycles. The first-order valence-electron chi connectivity index (χ1n) is 7.76. The Labute approximate surface area is 117 Å². The zero-order valence-corrected chi connectivity index (χ0v) is 13.0. The highest BCUT2D eigenvalue weighted by Crippen LogP contribution is 2.40. The summed E-state index contributed by atoms with van der Waals surface area (Å²) >= 11 is 2.11. The highest BCUT2D eigenvalue weighted by atomic mass is 32.2. The van der Waals surface area contributed by atoms with Crippen LogP contribution in [0.2, 0.25) is 0 Å². The van der Waals surface area contributed by atoms with Gasteiger partial charge in [0.1, 0.15) is 0 Å². The molecule has 0 aromatic carbocycles. The Bertz CT molecular complexity index is 249. The molecule has 0 radical (unpaired) electrons. The number of nitrogens with zero attached hydrogens (tertiary/aromatic N) is 1. The molecular formula is C15H30N2S. The minimum atomic E-state index is 0.338. The fraction of sp³-hybridized carbons (Fsp3) is 1.00. The first-order valence-corrected chi connectivity index (χ1v) is 8.92. The van der Waals surface area contributed by atoms with Crippen molar-refractivity contribution in [2.45, 2.75) is 64.0 Å². The lowest BCUT2D eigenvalue weighted by Gasteiger charge is -2.51. The molecule has 1 aliphatic carbocycles. The third-order valence-corrected chi connectivity index (χ3v) is 6.28. The minimum Gasteiger partial charge on any atom is -0.329 e. The largest absolute Gasteiger partial charge is 0.329 e. The number of thioether (sulfide) groups is 1. The fourth-order valence-corrected chi connectivity index (χ4v) is 4.97. The molecule has 2 rings (SSSR count). The van der Waals surface area contributed by atoms with Crippen LogP contribution in [0.5, 0.6) is 0 Å². The van der Waals surface area contributed by atoms with Crippen LogP contribution in [0.15, 0.2) is 0 Å². The Kier molecular flexibility index (Phi) is 5.40. The van der Waals surface area contributed by atoms with E-state index in [9.17, 15) is 0 Å². The van der Waals surface area contributed by atoms with E-state index in [0.717, 1.165) is 18.5 Å². The molecular weight excluding hydrogens is 240 g/mol. The summed E-state index contributed by atoms with van der Waals surface area (Å²) in [5.74, 6) is 3.56. The van der Waals surface area contributed by atoms with Gasteiger partial charge >= 0.3 is 0 Å². The van der Waals surface area contributed by atoms with E-state index in [0.29, 0.717) is 5.54 Å². The summed E-state index contributed by atoms with van der Waals surface area (Å²) in [5, 5.41) is 0. The molecule has 2 fully saturated rings. The quantitative estimate of drug-likeness (QED) is 0.851. The van der Waals surface area contributed by atoms with Gasteiger partial charge < -0.3 is 5.73 Å². The van der Waals surface area contributed by atoms with E-state index >= 15 is 0 Å². The lowest BCUT2D eigenvalue weighted by Crippen LogP contribution is -2.61. The van der Waals surface area contributed by atoms with Crippen LogP contribution in [0.4, 0.5) is 0 Å². The Balaban J connectivity index is 1.98. The van der Waals surface area contributed by atoms with Crippen LogP contribution in [0.1, 0.15) is 52.4 Å². The molecule has 2 N–H and O–H groups in total. The topological polar surface area (TPSA) is 29.3 Å². The van der Waals surface area contributed by atoms with E-state index < -0.39 is 0 Å². The molecule has 1 unspecified atom stereocenters. The monoisotopic (exact) mass is 270 g/mol. The predicted octanol–water partition coefficient (Wildman–Crippen LogP) is 3.11. The van der Waals surface area contributed by atoms with Crippen LogP contribution in [0.25, 0.3) is 0 Å². The van der Waals surface area contributed by atoms with Gasteiger partial charge in [0.2, 0.25) is 0 Å². The molecule has 18 heavy (non-hydrogen) atoms. The Morgan fingerprint density at radius 3 is 2.61 bits per heavy atom. The average Bonchev–Trinajstić information content (AvgIpc) is 2.41. The summed E-state index contributed by atoms with van der Waals surface area (Å²) < 4.78 is 0. The standard InChI is InChI=1S/C15H30N2S/c1-3-4-14-5-7-15(12-16,8-6-14)17-9-10-18-11-13(17)2/h13-14H,3-12,16H2,1-2H3. The highest BCUT2D eigenvalue weighted by Gasteiger charge is 2.41. The highest BCUT2D eigenvalue weighted by molar-refractivity contribution is 7.99. The lowest BCUT2D eigenvalue weighted by atomic mass is 9.73. The van der Waals surface area contributed by atoms with Gasteiger partial charge in [-0.15, -0.1) is 0 Å². The maximum atomic E-state index is 6.20. The maximum absolute atomic E-state index is 6.20. The first-order chi connectivity index (χ1) is 8.72. The van der Waals surface area contributed by atoms with Gasteiger partial charge in [-0.05, 0) is 38.5 Å². The van der Waals surface area contributed by atoms with E-state index in [-0.39, 0.29) is 0 Å². The van der Waals surface area contributed by atoms with E-state index in [1.54, 1.807) is 0 Å². The zero-order valence-electron chi connectivity index (χ0n) is 12.2. The third kappa shape index (κ3) is 3.05. The van der Waals surface area contributed by atoms with Crippen molar-refractivity contribution >= 4 is 11.8 Å². The van der Waals surface area contributed by atoms with Gasteiger partial charge in [0.25, 0.3) is 0 Å². The van der Waals surface area contributed by atoms with Gasteiger partial charge in [-0.2, -0.15) is 11.8 Å². The molecule has 1 saturated heterocycles. The Morgan fingerprint density at radius 2 is 2.06 bits per heavy atom. The van der Waals surface area contributed by atoms with Crippen molar-refractivity contribution < 1.29 is 0 Å². The third-order valence-electron chi connectivity index (χ3n) is 5.09. The van der Waals surface area contributed by atoms with Crippen molar-refractivity contribution in [3.63, 3.8) is 0 Å². The van der Waals surface area contributed by atoms with Gasteiger partial charge in [0.15, 0.2) is 0 Å². The van der Waals surface area contributed by atoms with Crippen LogP contribution in [0, 0.1) is 5.92 Å². The molecule has 0 aromatic rings. The van der Waals surface area contributed by atoms with Crippen LogP contribution in [-0.2, 0) is 0 Å². The Hall–Kier alpha value is 0.270. The second-order valence-corrected chi connectivity index (χ2v) is 7.43. The number of nitrogens with two attached hydrogens (primary N) is 1. The van der Waals surface area contributed by atoms with E-state index in [2.05, 4.69) is 30.5 Å². The smallest absolute Gasteiger partial charge is 0.0335 e. The Morgan fingerprint density at radius 1 is 1.33 bits per heavy atom. The molecule has 0 spiro atoms. The number of hydrogen-bond donors (Lipinski definition) is 1. The van der Waals surface area contributed by atoms with E-state index in [1.165, 1.54) is 56.6 Å². The van der Waals surface area contributed by atoms with Gasteiger partial charge in [0, 0.05) is 36.2 Å². The van der Waals surface area contributed by atoms with Gasteiger partial charge in [-0.3, -0.25) is 4.90 Å². The lowest BCUT2D eigenvalue weighted by molar-refractivity contribution is 0.0209. The van der Waals surface area contributed by atoms with Crippen LogP contribution in [0.3, 0.4) is 0 Å². The summed E-state index contributed by atoms with van der Waals surface area (Å²) in [6.07, 6.45) is 8.25. The van der Waals surface area contributed by atoms with Crippen molar-refractivity contribution in [3.05, 3.63) is 0 Å². The van der Waals surface area contributed by atoms with Crippen molar-refractivity contribution in [1.82, 2.24) is 4.90 Å². The van der Waals surface area contributed by atoms with Gasteiger partial charge in [-0.1, -0.05) is 19.8 Å². The second-order valence-electron chi connectivity index (χ2n) is 6.28. The van der Waals surface area contributed by atoms with E-state index in [1.807, 2.05) is 0 Å². The van der Waals surface area contributed by atoms with E-state index in [4.69, 9.17) is 5.73 Å². The summed E-state index contributed by atoms with van der Waals surface area (Å²) in [7, 11) is 0. The van der Waals surface area contributed by atoms with Crippen LogP contribution >= 0.6 is 11.8 Å². The molecule has 1 aliphatic heterocycles. The molecule has 106 valence electrons. The number of rotatable bonds is 4. The fourth-order valence-electron chi connectivity index (χ4n) is 3.95. The molecule has 1 saturated carbocycles. The molecule has 1 heterocycles. The summed E-state index contributed by atoms with van der Waals surface area (Å²) in [6.45, 7) is 6.82. The van der Waals surface area contributed by atoms with Crippen molar-refractivity contribution in [3.8, 4) is 0 Å². The van der Waals surface area contributed by atoms with Gasteiger partial charge in [0.05, 0.1) is 0 Å². The summed E-state index contributed by atoms with van der Waals surface area (Å²) in [4.78, 5) is 2.76. The molecule has 0 bridgehead atoms.